The van der Waals surface area contributed by atoms with Crippen LogP contribution in [0.5, 0.6) is 11.5 Å². The zero-order chi connectivity index (χ0) is 26.5. The average Bonchev–Trinajstić information content (AvgIpc) is 3.36. The second-order valence-corrected chi connectivity index (χ2v) is 11.0. The van der Waals surface area contributed by atoms with Crippen molar-refractivity contribution in [2.24, 2.45) is 5.92 Å². The highest BCUT2D eigenvalue weighted by atomic mass is 16.5. The molecule has 6 nitrogen and oxygen atoms in total. The quantitative estimate of drug-likeness (QED) is 0.405. The van der Waals surface area contributed by atoms with Crippen molar-refractivity contribution < 1.29 is 24.5 Å². The zero-order valence-corrected chi connectivity index (χ0v) is 22.7. The molecular weight excluding hydrogens is 466 g/mol. The molecule has 4 rings (SSSR count). The van der Waals surface area contributed by atoms with E-state index in [1.807, 2.05) is 56.3 Å². The van der Waals surface area contributed by atoms with E-state index in [0.29, 0.717) is 44.7 Å². The number of hydrogen-bond acceptors (Lipinski definition) is 5. The molecule has 202 valence electrons. The number of amides is 1. The molecule has 6 heteroatoms. The molecule has 2 aliphatic rings. The molecule has 0 bridgehead atoms. The summed E-state index contributed by atoms with van der Waals surface area (Å²) in [7, 11) is 1.69. The molecule has 0 aromatic heterocycles. The summed E-state index contributed by atoms with van der Waals surface area (Å²) in [5.41, 5.74) is 0.407. The Balaban J connectivity index is 1.66. The third-order valence-electron chi connectivity index (χ3n) is 8.34. The Bertz CT molecular complexity index is 1040. The molecular formula is C31H43NO5. The second kappa shape index (κ2) is 12.0. The summed E-state index contributed by atoms with van der Waals surface area (Å²) in [4.78, 5) is 15.2. The lowest BCUT2D eigenvalue weighted by Gasteiger charge is -2.44. The molecule has 1 amide bonds. The number of para-hydroxylation sites is 2. The van der Waals surface area contributed by atoms with Crippen LogP contribution >= 0.6 is 0 Å². The van der Waals surface area contributed by atoms with Crippen LogP contribution in [-0.4, -0.2) is 53.4 Å². The predicted octanol–water partition coefficient (Wildman–Crippen LogP) is 5.64. The summed E-state index contributed by atoms with van der Waals surface area (Å²) in [6.07, 6.45) is 6.59. The Labute approximate surface area is 221 Å². The molecule has 1 aliphatic carbocycles. The number of benzene rings is 2. The Morgan fingerprint density at radius 2 is 1.76 bits per heavy atom. The van der Waals surface area contributed by atoms with Crippen molar-refractivity contribution in [3.05, 3.63) is 59.2 Å². The molecule has 1 unspecified atom stereocenters. The Morgan fingerprint density at radius 3 is 2.46 bits per heavy atom. The van der Waals surface area contributed by atoms with Gasteiger partial charge in [0.15, 0.2) is 0 Å². The van der Waals surface area contributed by atoms with Gasteiger partial charge < -0.3 is 24.6 Å². The van der Waals surface area contributed by atoms with Crippen LogP contribution in [0.3, 0.4) is 0 Å². The van der Waals surface area contributed by atoms with E-state index in [4.69, 9.17) is 9.47 Å². The Hall–Kier alpha value is -2.41. The third kappa shape index (κ3) is 6.02. The largest absolute Gasteiger partial charge is 0.456 e. The van der Waals surface area contributed by atoms with Gasteiger partial charge in [0.05, 0.1) is 5.60 Å². The Morgan fingerprint density at radius 1 is 1.05 bits per heavy atom. The minimum absolute atomic E-state index is 0.166. The van der Waals surface area contributed by atoms with E-state index in [1.165, 1.54) is 0 Å². The zero-order valence-electron chi connectivity index (χ0n) is 22.7. The number of ether oxygens (including phenoxy) is 2. The first-order valence-electron chi connectivity index (χ1n) is 13.8. The molecule has 2 aromatic carbocycles. The normalized spacial score (nSPS) is 21.0. The molecule has 1 saturated heterocycles. The highest BCUT2D eigenvalue weighted by Gasteiger charge is 2.47. The predicted molar refractivity (Wildman–Crippen MR) is 145 cm³/mol. The van der Waals surface area contributed by atoms with Gasteiger partial charge in [0, 0.05) is 38.3 Å². The van der Waals surface area contributed by atoms with Crippen LogP contribution < -0.4 is 4.74 Å². The maximum atomic E-state index is 13.4. The SMILES string of the molecule is COCCCCC(O)(c1ccccc1Oc1c(C)cccc1C)[C@@H]1CCCN(C(=O)C2(O)CCCC2)C1. The molecule has 1 heterocycles. The number of nitrogens with zero attached hydrogens (tertiary/aromatic N) is 1. The van der Waals surface area contributed by atoms with Gasteiger partial charge in [0.25, 0.3) is 5.91 Å². The fraction of sp³-hybridized carbons (Fsp3) is 0.581. The van der Waals surface area contributed by atoms with Crippen LogP contribution in [0.15, 0.2) is 42.5 Å². The van der Waals surface area contributed by atoms with E-state index in [9.17, 15) is 15.0 Å². The van der Waals surface area contributed by atoms with Crippen molar-refractivity contribution in [2.75, 3.05) is 26.8 Å². The maximum Gasteiger partial charge on any atom is 0.254 e. The molecule has 0 spiro atoms. The number of hydrogen-bond donors (Lipinski definition) is 2. The van der Waals surface area contributed by atoms with Gasteiger partial charge in [-0.3, -0.25) is 4.79 Å². The van der Waals surface area contributed by atoms with Crippen molar-refractivity contribution in [1.29, 1.82) is 0 Å². The van der Waals surface area contributed by atoms with Crippen LogP contribution in [0.25, 0.3) is 0 Å². The number of rotatable bonds is 10. The van der Waals surface area contributed by atoms with Gasteiger partial charge in [-0.1, -0.05) is 36.4 Å². The number of aliphatic hydroxyl groups is 2. The monoisotopic (exact) mass is 509 g/mol. The van der Waals surface area contributed by atoms with Crippen LogP contribution in [0.1, 0.15) is 74.5 Å². The topological polar surface area (TPSA) is 79.2 Å². The lowest BCUT2D eigenvalue weighted by molar-refractivity contribution is -0.155. The van der Waals surface area contributed by atoms with Gasteiger partial charge in [-0.05, 0) is 88.8 Å². The van der Waals surface area contributed by atoms with E-state index in [2.05, 4.69) is 0 Å². The number of likely N-dealkylation sites (tertiary alicyclic amines) is 1. The molecule has 2 N–H and O–H groups in total. The molecule has 37 heavy (non-hydrogen) atoms. The van der Waals surface area contributed by atoms with Crippen LogP contribution in [0.4, 0.5) is 0 Å². The van der Waals surface area contributed by atoms with Crippen molar-refractivity contribution in [2.45, 2.75) is 82.8 Å². The molecule has 2 aromatic rings. The van der Waals surface area contributed by atoms with Gasteiger partial charge in [-0.2, -0.15) is 0 Å². The number of unbranched alkanes of at least 4 members (excludes halogenated alkanes) is 1. The number of aryl methyl sites for hydroxylation is 2. The summed E-state index contributed by atoms with van der Waals surface area (Å²) in [6, 6.07) is 13.8. The molecule has 2 fully saturated rings. The summed E-state index contributed by atoms with van der Waals surface area (Å²) in [6.45, 7) is 5.75. The first-order chi connectivity index (χ1) is 17.8. The highest BCUT2D eigenvalue weighted by molar-refractivity contribution is 5.85. The summed E-state index contributed by atoms with van der Waals surface area (Å²) in [5.74, 6) is 1.12. The smallest absolute Gasteiger partial charge is 0.254 e. The summed E-state index contributed by atoms with van der Waals surface area (Å²) >= 11 is 0. The number of carbonyl (C=O) groups excluding carboxylic acids is 1. The minimum Gasteiger partial charge on any atom is -0.456 e. The van der Waals surface area contributed by atoms with Crippen molar-refractivity contribution in [1.82, 2.24) is 4.90 Å². The van der Waals surface area contributed by atoms with Crippen LogP contribution in [-0.2, 0) is 15.1 Å². The average molecular weight is 510 g/mol. The first kappa shape index (κ1) is 27.6. The lowest BCUT2D eigenvalue weighted by Crippen LogP contribution is -2.54. The molecule has 1 saturated carbocycles. The van der Waals surface area contributed by atoms with Gasteiger partial charge in [0.2, 0.25) is 0 Å². The maximum absolute atomic E-state index is 13.4. The van der Waals surface area contributed by atoms with E-state index in [-0.39, 0.29) is 11.8 Å². The first-order valence-corrected chi connectivity index (χ1v) is 13.8. The number of methoxy groups -OCH3 is 1. The van der Waals surface area contributed by atoms with E-state index in [0.717, 1.165) is 61.0 Å². The second-order valence-electron chi connectivity index (χ2n) is 11.0. The number of carbonyl (C=O) groups is 1. The van der Waals surface area contributed by atoms with Crippen molar-refractivity contribution in [3.8, 4) is 11.5 Å². The van der Waals surface area contributed by atoms with E-state index < -0.39 is 11.2 Å². The van der Waals surface area contributed by atoms with Crippen LogP contribution in [0.2, 0.25) is 0 Å². The summed E-state index contributed by atoms with van der Waals surface area (Å²) < 4.78 is 11.8. The summed E-state index contributed by atoms with van der Waals surface area (Å²) in [5, 5.41) is 23.5. The van der Waals surface area contributed by atoms with Gasteiger partial charge >= 0.3 is 0 Å². The Kier molecular flexibility index (Phi) is 8.94. The van der Waals surface area contributed by atoms with Crippen molar-refractivity contribution in [3.63, 3.8) is 0 Å². The van der Waals surface area contributed by atoms with Crippen LogP contribution in [0, 0.1) is 19.8 Å². The van der Waals surface area contributed by atoms with Gasteiger partial charge in [-0.25, -0.2) is 0 Å². The van der Waals surface area contributed by atoms with Crippen molar-refractivity contribution >= 4 is 5.91 Å². The fourth-order valence-electron chi connectivity index (χ4n) is 6.20. The number of piperidine rings is 1. The molecule has 2 atom stereocenters. The molecule has 1 aliphatic heterocycles. The third-order valence-corrected chi connectivity index (χ3v) is 8.34. The fourth-order valence-corrected chi connectivity index (χ4v) is 6.20. The standard InChI is InChI=1S/C31H43NO5/c1-23-12-10-13-24(2)28(23)37-27-16-5-4-15-26(27)31(35,19-8-9-21-36-3)25-14-11-20-32(22-25)29(33)30(34)17-6-7-18-30/h4-5,10,12-13,15-16,25,34-35H,6-9,11,14,17-22H2,1-3H3/t25-,31?/m1/s1. The van der Waals surface area contributed by atoms with Gasteiger partial charge in [0.1, 0.15) is 17.1 Å². The minimum atomic E-state index is -1.25. The van der Waals surface area contributed by atoms with Gasteiger partial charge in [-0.15, -0.1) is 0 Å². The lowest BCUT2D eigenvalue weighted by atomic mass is 9.73. The van der Waals surface area contributed by atoms with E-state index >= 15 is 0 Å². The highest BCUT2D eigenvalue weighted by Crippen LogP contribution is 2.45. The van der Waals surface area contributed by atoms with E-state index in [1.54, 1.807) is 12.0 Å². The molecule has 0 radical (unpaired) electrons.